The van der Waals surface area contributed by atoms with Crippen molar-refractivity contribution < 1.29 is 27.1 Å². The van der Waals surface area contributed by atoms with Gasteiger partial charge in [-0.05, 0) is 43.8 Å². The first kappa shape index (κ1) is 28.6. The molecule has 0 saturated carbocycles. The number of ether oxygens (including phenoxy) is 1. The van der Waals surface area contributed by atoms with Crippen molar-refractivity contribution in [1.82, 2.24) is 9.88 Å². The lowest BCUT2D eigenvalue weighted by Crippen LogP contribution is -2.50. The van der Waals surface area contributed by atoms with Crippen LogP contribution in [0.15, 0.2) is 47.4 Å². The number of alkyl halides is 2. The highest BCUT2D eigenvalue weighted by atomic mass is 19.3. The van der Waals surface area contributed by atoms with Gasteiger partial charge in [0.25, 0.3) is 12.3 Å². The van der Waals surface area contributed by atoms with Crippen LogP contribution in [0.4, 0.5) is 34.6 Å². The Hall–Kier alpha value is -3.90. The number of aromatic nitrogens is 1. The fourth-order valence-corrected chi connectivity index (χ4v) is 5.20. The number of halogens is 4. The second kappa shape index (κ2) is 11.9. The Morgan fingerprint density at radius 1 is 1.00 bits per heavy atom. The maximum atomic E-state index is 15.7. The van der Waals surface area contributed by atoms with Crippen molar-refractivity contribution in [2.45, 2.75) is 19.4 Å². The van der Waals surface area contributed by atoms with E-state index in [9.17, 15) is 18.4 Å². The number of anilines is 3. The van der Waals surface area contributed by atoms with Crippen molar-refractivity contribution in [2.75, 3.05) is 68.1 Å². The van der Waals surface area contributed by atoms with E-state index in [0.717, 1.165) is 6.20 Å². The first-order valence-corrected chi connectivity index (χ1v) is 13.4. The SMILES string of the molecule is C[C@H]1CN(c2cc(F)c(-c3ccc(N4CCOCC4)c(F)c3)cc2NC(=O)c2c[nH]c(=O)cc2C(F)F)CCN1C. The molecule has 1 atom stereocenters. The summed E-state index contributed by atoms with van der Waals surface area (Å²) in [6, 6.07) is 7.90. The van der Waals surface area contributed by atoms with E-state index in [4.69, 9.17) is 4.74 Å². The number of H-pyrrole nitrogens is 1. The second-order valence-corrected chi connectivity index (χ2v) is 10.3. The van der Waals surface area contributed by atoms with Crippen LogP contribution in [0.3, 0.4) is 0 Å². The zero-order chi connectivity index (χ0) is 29.3. The Morgan fingerprint density at radius 3 is 2.44 bits per heavy atom. The van der Waals surface area contributed by atoms with Crippen LogP contribution in [-0.2, 0) is 4.74 Å². The average Bonchev–Trinajstić information content (AvgIpc) is 2.95. The minimum Gasteiger partial charge on any atom is -0.378 e. The number of hydrogen-bond donors (Lipinski definition) is 2. The summed E-state index contributed by atoms with van der Waals surface area (Å²) >= 11 is 0. The smallest absolute Gasteiger partial charge is 0.264 e. The molecule has 2 aliphatic rings. The first-order chi connectivity index (χ1) is 19.6. The van der Waals surface area contributed by atoms with Gasteiger partial charge in [0.1, 0.15) is 11.6 Å². The molecule has 3 heterocycles. The summed E-state index contributed by atoms with van der Waals surface area (Å²) in [6.45, 7) is 5.79. The maximum absolute atomic E-state index is 15.7. The molecule has 12 heteroatoms. The number of amides is 1. The summed E-state index contributed by atoms with van der Waals surface area (Å²) in [5.74, 6) is -2.05. The summed E-state index contributed by atoms with van der Waals surface area (Å²) in [7, 11) is 1.98. The fraction of sp³-hybridized carbons (Fsp3) is 0.379. The average molecular weight is 574 g/mol. The number of benzene rings is 2. The first-order valence-electron chi connectivity index (χ1n) is 13.4. The lowest BCUT2D eigenvalue weighted by atomic mass is 10.0. The molecule has 3 aromatic rings. The number of likely N-dealkylation sites (N-methyl/N-ethyl adjacent to an activating group) is 1. The molecule has 1 aromatic heterocycles. The number of nitrogens with zero attached hydrogens (tertiary/aromatic N) is 3. The molecule has 5 rings (SSSR count). The second-order valence-electron chi connectivity index (χ2n) is 10.3. The lowest BCUT2D eigenvalue weighted by Gasteiger charge is -2.39. The number of rotatable bonds is 6. The van der Waals surface area contributed by atoms with E-state index in [2.05, 4.69) is 15.2 Å². The molecular weight excluding hydrogens is 542 g/mol. The van der Waals surface area contributed by atoms with E-state index in [-0.39, 0.29) is 22.9 Å². The van der Waals surface area contributed by atoms with Crippen molar-refractivity contribution in [3.8, 4) is 11.1 Å². The molecule has 8 nitrogen and oxygen atoms in total. The predicted molar refractivity (Wildman–Crippen MR) is 149 cm³/mol. The number of piperazine rings is 1. The molecule has 2 aliphatic heterocycles. The normalized spacial score (nSPS) is 18.2. The molecular formula is C29H31F4N5O3. The highest BCUT2D eigenvalue weighted by molar-refractivity contribution is 6.07. The van der Waals surface area contributed by atoms with E-state index >= 15 is 8.78 Å². The predicted octanol–water partition coefficient (Wildman–Crippen LogP) is 4.49. The summed E-state index contributed by atoms with van der Waals surface area (Å²) in [5.41, 5.74) is -0.687. The van der Waals surface area contributed by atoms with Crippen LogP contribution in [0, 0.1) is 11.6 Å². The lowest BCUT2D eigenvalue weighted by molar-refractivity contribution is 0.101. The van der Waals surface area contributed by atoms with Gasteiger partial charge >= 0.3 is 0 Å². The Kier molecular flexibility index (Phi) is 8.32. The number of carbonyl (C=O) groups is 1. The van der Waals surface area contributed by atoms with Gasteiger partial charge in [0.15, 0.2) is 0 Å². The van der Waals surface area contributed by atoms with Crippen LogP contribution in [0.2, 0.25) is 0 Å². The van der Waals surface area contributed by atoms with E-state index in [1.807, 2.05) is 23.8 Å². The molecule has 2 aromatic carbocycles. The summed E-state index contributed by atoms with van der Waals surface area (Å²) in [4.78, 5) is 33.0. The van der Waals surface area contributed by atoms with Crippen LogP contribution < -0.4 is 20.7 Å². The highest BCUT2D eigenvalue weighted by Gasteiger charge is 2.27. The van der Waals surface area contributed by atoms with Crippen molar-refractivity contribution in [3.63, 3.8) is 0 Å². The minimum absolute atomic E-state index is 0.0363. The zero-order valence-corrected chi connectivity index (χ0v) is 22.7. The van der Waals surface area contributed by atoms with Gasteiger partial charge in [0.2, 0.25) is 5.56 Å². The minimum atomic E-state index is -3.06. The van der Waals surface area contributed by atoms with Gasteiger partial charge in [-0.3, -0.25) is 9.59 Å². The molecule has 218 valence electrons. The van der Waals surface area contributed by atoms with Crippen LogP contribution in [0.25, 0.3) is 11.1 Å². The van der Waals surface area contributed by atoms with Gasteiger partial charge in [0.05, 0.1) is 35.8 Å². The van der Waals surface area contributed by atoms with Gasteiger partial charge in [-0.15, -0.1) is 0 Å². The van der Waals surface area contributed by atoms with Crippen molar-refractivity contribution >= 4 is 23.0 Å². The van der Waals surface area contributed by atoms with Crippen LogP contribution in [-0.4, -0.2) is 74.8 Å². The monoisotopic (exact) mass is 573 g/mol. The van der Waals surface area contributed by atoms with E-state index in [0.29, 0.717) is 63.4 Å². The summed E-state index contributed by atoms with van der Waals surface area (Å²) in [5, 5.41) is 2.65. The third-order valence-corrected chi connectivity index (χ3v) is 7.68. The van der Waals surface area contributed by atoms with Crippen LogP contribution >= 0.6 is 0 Å². The van der Waals surface area contributed by atoms with Gasteiger partial charge in [-0.2, -0.15) is 0 Å². The van der Waals surface area contributed by atoms with Gasteiger partial charge in [-0.25, -0.2) is 17.6 Å². The van der Waals surface area contributed by atoms with E-state index in [1.165, 1.54) is 18.2 Å². The van der Waals surface area contributed by atoms with Crippen molar-refractivity contribution in [2.24, 2.45) is 0 Å². The standard InChI is InChI=1S/C29H31F4N5O3/c1-17-16-38(6-5-36(17)2)26-14-22(30)19(18-3-4-25(23(31)11-18)37-7-9-41-10-8-37)12-24(26)35-29(40)21-15-34-27(39)13-20(21)28(32)33/h3-4,11-15,17,28H,5-10,16H2,1-2H3,(H,34,39)(H,35,40)/t17-/m0/s1. The quantitative estimate of drug-likeness (QED) is 0.424. The number of pyridine rings is 1. The Balaban J connectivity index is 1.54. The summed E-state index contributed by atoms with van der Waals surface area (Å²) in [6.07, 6.45) is -2.13. The molecule has 2 saturated heterocycles. The van der Waals surface area contributed by atoms with Crippen LogP contribution in [0.5, 0.6) is 0 Å². The van der Waals surface area contributed by atoms with Gasteiger partial charge in [-0.1, -0.05) is 6.07 Å². The molecule has 0 aliphatic carbocycles. The molecule has 41 heavy (non-hydrogen) atoms. The number of nitrogens with one attached hydrogen (secondary N) is 2. The van der Waals surface area contributed by atoms with E-state index in [1.54, 1.807) is 12.1 Å². The van der Waals surface area contributed by atoms with E-state index < -0.39 is 40.7 Å². The Labute approximate surface area is 234 Å². The Bertz CT molecular complexity index is 1490. The fourth-order valence-electron chi connectivity index (χ4n) is 5.20. The van der Waals surface area contributed by atoms with Crippen molar-refractivity contribution in [3.05, 3.63) is 75.7 Å². The molecule has 2 N–H and O–H groups in total. The number of carbonyl (C=O) groups excluding carboxylic acids is 1. The van der Waals surface area contributed by atoms with Crippen LogP contribution in [0.1, 0.15) is 29.3 Å². The molecule has 0 unspecified atom stereocenters. The number of aromatic amines is 1. The molecule has 0 bridgehead atoms. The molecule has 0 radical (unpaired) electrons. The number of morpholine rings is 1. The third kappa shape index (κ3) is 6.08. The Morgan fingerprint density at radius 2 is 1.76 bits per heavy atom. The highest BCUT2D eigenvalue weighted by Crippen LogP contribution is 2.37. The topological polar surface area (TPSA) is 80.9 Å². The number of hydrogen-bond acceptors (Lipinski definition) is 6. The molecule has 1 amide bonds. The maximum Gasteiger partial charge on any atom is 0.264 e. The third-order valence-electron chi connectivity index (χ3n) is 7.68. The summed E-state index contributed by atoms with van der Waals surface area (Å²) < 4.78 is 63.5. The zero-order valence-electron chi connectivity index (χ0n) is 22.7. The molecule has 0 spiro atoms. The van der Waals surface area contributed by atoms with Gasteiger partial charge in [0, 0.05) is 62.2 Å². The van der Waals surface area contributed by atoms with Gasteiger partial charge < -0.3 is 29.7 Å². The van der Waals surface area contributed by atoms with Crippen molar-refractivity contribution in [1.29, 1.82) is 0 Å². The molecule has 2 fully saturated rings. The largest absolute Gasteiger partial charge is 0.378 e.